The van der Waals surface area contributed by atoms with Crippen molar-refractivity contribution >= 4 is 5.69 Å². The molecule has 2 rings (SSSR count). The monoisotopic (exact) mass is 222 g/mol. The Morgan fingerprint density at radius 3 is 3.06 bits per heavy atom. The SMILES string of the molecule is CC(CCCN)N1CCc2ccc(F)cc21. The van der Waals surface area contributed by atoms with Crippen LogP contribution in [0.1, 0.15) is 25.3 Å². The van der Waals surface area contributed by atoms with Gasteiger partial charge < -0.3 is 10.6 Å². The molecule has 0 saturated heterocycles. The highest BCUT2D eigenvalue weighted by atomic mass is 19.1. The van der Waals surface area contributed by atoms with Crippen molar-refractivity contribution in [1.82, 2.24) is 0 Å². The fourth-order valence-corrected chi connectivity index (χ4v) is 2.40. The summed E-state index contributed by atoms with van der Waals surface area (Å²) < 4.78 is 13.2. The first-order chi connectivity index (χ1) is 7.72. The molecule has 0 bridgehead atoms. The standard InChI is InChI=1S/C13H19FN2/c1-10(3-2-7-15)16-8-6-11-4-5-12(14)9-13(11)16/h4-5,9-10H,2-3,6-8,15H2,1H3. The minimum absolute atomic E-state index is 0.142. The molecular weight excluding hydrogens is 203 g/mol. The molecule has 3 heteroatoms. The first-order valence-electron chi connectivity index (χ1n) is 5.97. The van der Waals surface area contributed by atoms with Gasteiger partial charge in [-0.2, -0.15) is 0 Å². The zero-order chi connectivity index (χ0) is 11.5. The van der Waals surface area contributed by atoms with Gasteiger partial charge in [-0.25, -0.2) is 4.39 Å². The molecule has 0 aromatic heterocycles. The number of nitrogens with zero attached hydrogens (tertiary/aromatic N) is 1. The molecule has 16 heavy (non-hydrogen) atoms. The van der Waals surface area contributed by atoms with Crippen LogP contribution < -0.4 is 10.6 Å². The highest BCUT2D eigenvalue weighted by molar-refractivity contribution is 5.58. The van der Waals surface area contributed by atoms with Gasteiger partial charge in [0, 0.05) is 18.3 Å². The van der Waals surface area contributed by atoms with Gasteiger partial charge in [-0.1, -0.05) is 6.07 Å². The predicted molar refractivity (Wildman–Crippen MR) is 65.2 cm³/mol. The van der Waals surface area contributed by atoms with Gasteiger partial charge in [-0.05, 0) is 50.4 Å². The van der Waals surface area contributed by atoms with Gasteiger partial charge in [0.25, 0.3) is 0 Å². The van der Waals surface area contributed by atoms with Gasteiger partial charge in [-0.15, -0.1) is 0 Å². The van der Waals surface area contributed by atoms with Crippen LogP contribution in [0.25, 0.3) is 0 Å². The van der Waals surface area contributed by atoms with Crippen molar-refractivity contribution in [2.75, 3.05) is 18.0 Å². The van der Waals surface area contributed by atoms with Gasteiger partial charge in [0.2, 0.25) is 0 Å². The Hall–Kier alpha value is -1.09. The molecule has 0 spiro atoms. The van der Waals surface area contributed by atoms with Crippen LogP contribution in [0.5, 0.6) is 0 Å². The van der Waals surface area contributed by atoms with E-state index in [0.717, 1.165) is 38.0 Å². The maximum atomic E-state index is 13.2. The summed E-state index contributed by atoms with van der Waals surface area (Å²) in [5.74, 6) is -0.142. The first-order valence-corrected chi connectivity index (χ1v) is 5.97. The van der Waals surface area contributed by atoms with E-state index in [1.165, 1.54) is 5.56 Å². The number of hydrogen-bond acceptors (Lipinski definition) is 2. The van der Waals surface area contributed by atoms with Crippen molar-refractivity contribution in [1.29, 1.82) is 0 Å². The van der Waals surface area contributed by atoms with Gasteiger partial charge in [0.1, 0.15) is 5.82 Å². The highest BCUT2D eigenvalue weighted by Crippen LogP contribution is 2.31. The Morgan fingerprint density at radius 1 is 1.50 bits per heavy atom. The van der Waals surface area contributed by atoms with E-state index in [1.807, 2.05) is 6.07 Å². The van der Waals surface area contributed by atoms with E-state index in [0.29, 0.717) is 6.04 Å². The molecular formula is C13H19FN2. The van der Waals surface area contributed by atoms with Crippen molar-refractivity contribution in [2.24, 2.45) is 5.73 Å². The third-order valence-corrected chi connectivity index (χ3v) is 3.34. The molecule has 1 aromatic rings. The second kappa shape index (κ2) is 4.83. The molecule has 0 amide bonds. The van der Waals surface area contributed by atoms with E-state index >= 15 is 0 Å². The van der Waals surface area contributed by atoms with Crippen molar-refractivity contribution in [3.8, 4) is 0 Å². The van der Waals surface area contributed by atoms with Crippen LogP contribution in [-0.2, 0) is 6.42 Å². The Bertz CT molecular complexity index is 365. The number of halogens is 1. The maximum absolute atomic E-state index is 13.2. The molecule has 1 atom stereocenters. The molecule has 1 aliphatic rings. The summed E-state index contributed by atoms with van der Waals surface area (Å²) >= 11 is 0. The molecule has 1 heterocycles. The summed E-state index contributed by atoms with van der Waals surface area (Å²) in [6.07, 6.45) is 3.14. The number of benzene rings is 1. The molecule has 2 N–H and O–H groups in total. The van der Waals surface area contributed by atoms with Gasteiger partial charge in [0.15, 0.2) is 0 Å². The fourth-order valence-electron chi connectivity index (χ4n) is 2.40. The Labute approximate surface area is 96.2 Å². The number of anilines is 1. The van der Waals surface area contributed by atoms with Crippen molar-refractivity contribution in [2.45, 2.75) is 32.2 Å². The lowest BCUT2D eigenvalue weighted by atomic mass is 10.1. The lowest BCUT2D eigenvalue weighted by Gasteiger charge is -2.27. The minimum atomic E-state index is -0.142. The van der Waals surface area contributed by atoms with Gasteiger partial charge in [0.05, 0.1) is 0 Å². The van der Waals surface area contributed by atoms with Crippen molar-refractivity contribution in [3.05, 3.63) is 29.6 Å². The summed E-state index contributed by atoms with van der Waals surface area (Å²) in [5.41, 5.74) is 7.85. The average molecular weight is 222 g/mol. The first kappa shape index (κ1) is 11.4. The van der Waals surface area contributed by atoms with E-state index in [1.54, 1.807) is 12.1 Å². The normalized spacial score (nSPS) is 16.3. The Balaban J connectivity index is 2.12. The Kier molecular flexibility index (Phi) is 3.44. The summed E-state index contributed by atoms with van der Waals surface area (Å²) in [6.45, 7) is 3.92. The maximum Gasteiger partial charge on any atom is 0.125 e. The second-order valence-corrected chi connectivity index (χ2v) is 4.50. The number of rotatable bonds is 4. The summed E-state index contributed by atoms with van der Waals surface area (Å²) in [5, 5.41) is 0. The third-order valence-electron chi connectivity index (χ3n) is 3.34. The topological polar surface area (TPSA) is 29.3 Å². The number of nitrogens with two attached hydrogens (primary N) is 1. The van der Waals surface area contributed by atoms with Crippen LogP contribution in [0.15, 0.2) is 18.2 Å². The molecule has 88 valence electrons. The zero-order valence-electron chi connectivity index (χ0n) is 9.75. The van der Waals surface area contributed by atoms with Crippen molar-refractivity contribution in [3.63, 3.8) is 0 Å². The molecule has 0 radical (unpaired) electrons. The summed E-state index contributed by atoms with van der Waals surface area (Å²) in [7, 11) is 0. The summed E-state index contributed by atoms with van der Waals surface area (Å²) in [6, 6.07) is 5.56. The molecule has 0 fully saturated rings. The van der Waals surface area contributed by atoms with Crippen LogP contribution in [0.4, 0.5) is 10.1 Å². The molecule has 1 aliphatic heterocycles. The van der Waals surface area contributed by atoms with E-state index in [2.05, 4.69) is 11.8 Å². The smallest absolute Gasteiger partial charge is 0.125 e. The summed E-state index contributed by atoms with van der Waals surface area (Å²) in [4.78, 5) is 2.30. The van der Waals surface area contributed by atoms with E-state index < -0.39 is 0 Å². The largest absolute Gasteiger partial charge is 0.368 e. The van der Waals surface area contributed by atoms with Gasteiger partial charge in [-0.3, -0.25) is 0 Å². The molecule has 2 nitrogen and oxygen atoms in total. The van der Waals surface area contributed by atoms with Crippen LogP contribution in [0, 0.1) is 5.82 Å². The Morgan fingerprint density at radius 2 is 2.31 bits per heavy atom. The molecule has 1 aromatic carbocycles. The van der Waals surface area contributed by atoms with Gasteiger partial charge >= 0.3 is 0 Å². The quantitative estimate of drug-likeness (QED) is 0.847. The number of fused-ring (bicyclic) bond motifs is 1. The lowest BCUT2D eigenvalue weighted by Crippen LogP contribution is -2.31. The van der Waals surface area contributed by atoms with E-state index in [4.69, 9.17) is 5.73 Å². The van der Waals surface area contributed by atoms with Crippen LogP contribution in [-0.4, -0.2) is 19.1 Å². The van der Waals surface area contributed by atoms with Crippen LogP contribution in [0.2, 0.25) is 0 Å². The van der Waals surface area contributed by atoms with Crippen molar-refractivity contribution < 1.29 is 4.39 Å². The van der Waals surface area contributed by atoms with Crippen LogP contribution in [0.3, 0.4) is 0 Å². The minimum Gasteiger partial charge on any atom is -0.368 e. The predicted octanol–water partition coefficient (Wildman–Crippen LogP) is 2.32. The average Bonchev–Trinajstić information content (AvgIpc) is 2.68. The number of hydrogen-bond donors (Lipinski definition) is 1. The fraction of sp³-hybridized carbons (Fsp3) is 0.538. The van der Waals surface area contributed by atoms with E-state index in [9.17, 15) is 4.39 Å². The third kappa shape index (κ3) is 2.19. The molecule has 0 aliphatic carbocycles. The highest BCUT2D eigenvalue weighted by Gasteiger charge is 2.23. The molecule has 0 saturated carbocycles. The molecule has 1 unspecified atom stereocenters. The van der Waals surface area contributed by atoms with E-state index in [-0.39, 0.29) is 5.82 Å². The second-order valence-electron chi connectivity index (χ2n) is 4.50. The lowest BCUT2D eigenvalue weighted by molar-refractivity contribution is 0.579. The zero-order valence-corrected chi connectivity index (χ0v) is 9.75. The van der Waals surface area contributed by atoms with Crippen LogP contribution >= 0.6 is 0 Å².